The molecule has 0 saturated carbocycles. The number of unbranched alkanes of at least 4 members (excludes halogenated alkanes) is 11. The maximum absolute atomic E-state index is 15.8. The Morgan fingerprint density at radius 1 is 0.402 bits per heavy atom. The molecule has 0 bridgehead atoms. The summed E-state index contributed by atoms with van der Waals surface area (Å²) >= 11 is 0. The average molecular weight is 1340 g/mol. The number of phenolic OH excluding ortho intramolecular Hbond substituents is 2. The molecule has 0 saturated heterocycles. The molecule has 10 aromatic rings. The van der Waals surface area contributed by atoms with Gasteiger partial charge in [0.2, 0.25) is 11.5 Å². The maximum atomic E-state index is 15.8. The number of aromatic hydroxyl groups is 2. The van der Waals surface area contributed by atoms with Crippen LogP contribution in [0.3, 0.4) is 0 Å². The van der Waals surface area contributed by atoms with Crippen LogP contribution in [0.4, 0.5) is 8.78 Å². The molecule has 0 aliphatic rings. The van der Waals surface area contributed by atoms with Gasteiger partial charge < -0.3 is 42.9 Å². The Kier molecular flexibility index (Phi) is 23.4. The summed E-state index contributed by atoms with van der Waals surface area (Å²) in [6.07, 6.45) is 17.5. The van der Waals surface area contributed by atoms with Crippen LogP contribution in [-0.2, 0) is 45.4 Å². The number of para-hydroxylation sites is 4. The van der Waals surface area contributed by atoms with Gasteiger partial charge in [-0.15, -0.1) is 0 Å². The Hall–Kier alpha value is -6.71. The molecule has 0 radical (unpaired) electrons. The summed E-state index contributed by atoms with van der Waals surface area (Å²) in [4.78, 5) is 0. The van der Waals surface area contributed by atoms with Gasteiger partial charge in [-0.3, -0.25) is 0 Å². The first-order valence-corrected chi connectivity index (χ1v) is 30.9. The van der Waals surface area contributed by atoms with Gasteiger partial charge in [0.25, 0.3) is 0 Å². The van der Waals surface area contributed by atoms with Gasteiger partial charge in [-0.1, -0.05) is 191 Å². The summed E-state index contributed by atoms with van der Waals surface area (Å²) in [6, 6.07) is 50.9. The molecule has 0 spiro atoms. The molecule has 0 aliphatic heterocycles. The van der Waals surface area contributed by atoms with E-state index in [1.807, 2.05) is 48.5 Å². The molecule has 2 aromatic heterocycles. The van der Waals surface area contributed by atoms with Crippen molar-refractivity contribution in [3.05, 3.63) is 210 Å². The topological polar surface area (TPSA) is 55.7 Å². The molecule has 2 N–H and O–H groups in total. The van der Waals surface area contributed by atoms with E-state index in [0.29, 0.717) is 71.2 Å². The van der Waals surface area contributed by atoms with Crippen molar-refractivity contribution >= 4 is 43.6 Å². The predicted molar refractivity (Wildman–Crippen MR) is 361 cm³/mol. The zero-order valence-corrected chi connectivity index (χ0v) is 56.6. The Morgan fingerprint density at radius 2 is 0.713 bits per heavy atom. The summed E-state index contributed by atoms with van der Waals surface area (Å²) in [5.74, 6) is 0.494. The van der Waals surface area contributed by atoms with Crippen molar-refractivity contribution in [1.29, 1.82) is 0 Å². The number of nitrogens with zero attached hydrogens (tertiary/aromatic N) is 2. The van der Waals surface area contributed by atoms with Crippen molar-refractivity contribution in [3.8, 4) is 56.6 Å². The van der Waals surface area contributed by atoms with Gasteiger partial charge in [-0.05, 0) is 122 Å². The fourth-order valence-corrected chi connectivity index (χ4v) is 12.8. The van der Waals surface area contributed by atoms with Gasteiger partial charge in [-0.2, -0.15) is 0 Å². The molecule has 8 aromatic carbocycles. The summed E-state index contributed by atoms with van der Waals surface area (Å²) in [5, 5.41) is 29.9. The van der Waals surface area contributed by atoms with E-state index in [9.17, 15) is 10.2 Å². The molecular formula is C78H92F2HfN2O4-2. The van der Waals surface area contributed by atoms with Gasteiger partial charge in [0, 0.05) is 83.5 Å². The molecule has 9 heteroatoms. The van der Waals surface area contributed by atoms with E-state index in [0.717, 1.165) is 93.3 Å². The normalized spacial score (nSPS) is 11.7. The summed E-state index contributed by atoms with van der Waals surface area (Å²) < 4.78 is 41.9. The van der Waals surface area contributed by atoms with Crippen LogP contribution in [0.5, 0.6) is 23.0 Å². The molecule has 0 aliphatic carbocycles. The molecule has 10 rings (SSSR count). The number of halogens is 2. The molecule has 2 heterocycles. The zero-order valence-electron chi connectivity index (χ0n) is 53.0. The number of benzene rings is 8. The van der Waals surface area contributed by atoms with Crippen molar-refractivity contribution in [2.45, 2.75) is 155 Å². The van der Waals surface area contributed by atoms with E-state index in [4.69, 9.17) is 0 Å². The van der Waals surface area contributed by atoms with Gasteiger partial charge in [0.15, 0.2) is 0 Å². The second kappa shape index (κ2) is 30.0. The summed E-state index contributed by atoms with van der Waals surface area (Å²) in [6.45, 7) is 14.4. The summed E-state index contributed by atoms with van der Waals surface area (Å²) in [7, 11) is 8.92. The van der Waals surface area contributed by atoms with Crippen LogP contribution in [0.15, 0.2) is 158 Å². The van der Waals surface area contributed by atoms with Crippen LogP contribution < -0.4 is 0 Å². The smallest absolute Gasteiger partial charge is 0.234 e. The molecule has 458 valence electrons. The molecule has 0 unspecified atom stereocenters. The summed E-state index contributed by atoms with van der Waals surface area (Å²) in [5.41, 5.74) is 8.84. The first-order chi connectivity index (χ1) is 40.6. The van der Waals surface area contributed by atoms with Crippen molar-refractivity contribution in [1.82, 2.24) is 9.13 Å². The first-order valence-electron chi connectivity index (χ1n) is 30.9. The minimum atomic E-state index is -0.420. The average Bonchev–Trinajstić information content (AvgIpc) is 1.72. The van der Waals surface area contributed by atoms with Gasteiger partial charge in [0.05, 0.1) is 44.6 Å². The minimum Gasteiger partial charge on any atom is -0.711 e. The monoisotopic (exact) mass is 1340 g/mol. The van der Waals surface area contributed by atoms with Crippen molar-refractivity contribution in [3.63, 3.8) is 0 Å². The third-order valence-corrected chi connectivity index (χ3v) is 17.8. The second-order valence-electron chi connectivity index (χ2n) is 24.7. The Morgan fingerprint density at radius 3 is 1.05 bits per heavy atom. The fourth-order valence-electron chi connectivity index (χ4n) is 12.8. The van der Waals surface area contributed by atoms with E-state index in [1.165, 1.54) is 75.6 Å². The second-order valence-corrected chi connectivity index (χ2v) is 24.7. The Labute approximate surface area is 537 Å². The van der Waals surface area contributed by atoms with E-state index in [1.54, 1.807) is 12.1 Å². The molecular weight excluding hydrogens is 1250 g/mol. The number of aromatic nitrogens is 2. The molecule has 0 amide bonds. The van der Waals surface area contributed by atoms with Crippen LogP contribution in [-0.4, -0.2) is 32.6 Å². The van der Waals surface area contributed by atoms with Crippen molar-refractivity contribution < 1.29 is 53.6 Å². The van der Waals surface area contributed by atoms with E-state index in [-0.39, 0.29) is 63.0 Å². The Bertz CT molecular complexity index is 3550. The minimum absolute atomic E-state index is 0. The standard InChI is InChI=1S/C76H86F2N2O4.2CH3.Hf/c1-9-11-13-15-17-27-43-75(3,4)53-47-63(73(81)69(49-53)79-65-35-23-19-31-57(65)58-32-20-24-36-66(58)79)61-51-55(77)39-41-71(61)83(7)45-29-30-46-84(8)72-42-40-56(78)52-62(72)64-48-54(76(5,6)44-28-18-16-14-12-10-2)50-70(74(64)82)80-67-37-25-21-33-59(67)60-34-22-26-38-68(60)80;;;/h19-26,31-42,47-52,81-82H,7-18,27-30,43-46H2,1-6H3;2*1H3;/q;2*-1;. The van der Waals surface area contributed by atoms with E-state index >= 15 is 8.78 Å². The molecule has 0 fully saturated rings. The SMILES string of the molecule is [CH2-][O+](CCCC[O+]([CH2-])c1ccc(F)cc1-c1cc(C(C)(C)CCCCCCCC)cc(-n2c3ccccc3c3ccccc32)c1O)c1ccc(F)cc1-c1cc(C(C)(C)CCCCCCCC)cc(-n2c3ccccc3c3ccccc32)c1O.[CH3-].[CH3-].[Hf]. The van der Waals surface area contributed by atoms with Gasteiger partial charge >= 0.3 is 0 Å². The van der Waals surface area contributed by atoms with Crippen LogP contribution >= 0.6 is 0 Å². The fraction of sp³-hybridized carbons (Fsp3) is 0.333. The number of hydrogen-bond acceptors (Lipinski definition) is 2. The molecule has 0 atom stereocenters. The van der Waals surface area contributed by atoms with Crippen molar-refractivity contribution in [2.75, 3.05) is 13.2 Å². The van der Waals surface area contributed by atoms with E-state index in [2.05, 4.69) is 146 Å². The predicted octanol–water partition coefficient (Wildman–Crippen LogP) is 23.5. The quantitative estimate of drug-likeness (QED) is 0.0233. The zero-order chi connectivity index (χ0) is 59.1. The third kappa shape index (κ3) is 14.6. The first kappa shape index (κ1) is 67.8. The number of hydrogen-bond donors (Lipinski definition) is 2. The number of phenols is 2. The number of fused-ring (bicyclic) bond motifs is 6. The Balaban J connectivity index is 0.00000360. The van der Waals surface area contributed by atoms with Crippen LogP contribution in [0.2, 0.25) is 0 Å². The molecule has 87 heavy (non-hydrogen) atoms. The van der Waals surface area contributed by atoms with Gasteiger partial charge in [-0.25, -0.2) is 8.78 Å². The molecule has 6 nitrogen and oxygen atoms in total. The van der Waals surface area contributed by atoms with Crippen LogP contribution in [0, 0.1) is 40.7 Å². The van der Waals surface area contributed by atoms with Gasteiger partial charge in [0.1, 0.15) is 36.3 Å². The maximum Gasteiger partial charge on any atom is 0.234 e. The largest absolute Gasteiger partial charge is 0.711 e. The third-order valence-electron chi connectivity index (χ3n) is 17.8. The van der Waals surface area contributed by atoms with Crippen LogP contribution in [0.25, 0.3) is 77.2 Å². The van der Waals surface area contributed by atoms with Crippen molar-refractivity contribution in [2.24, 2.45) is 0 Å². The van der Waals surface area contributed by atoms with E-state index < -0.39 is 11.6 Å². The van der Waals surface area contributed by atoms with Crippen LogP contribution in [0.1, 0.15) is 155 Å². The number of rotatable bonds is 27.